The number of hydrogen-bond donors (Lipinski definition) is 1. The Morgan fingerprint density at radius 1 is 1.50 bits per heavy atom. The largest absolute Gasteiger partial charge is 0.298 e. The van der Waals surface area contributed by atoms with E-state index in [2.05, 4.69) is 10.1 Å². The highest BCUT2D eigenvalue weighted by Crippen LogP contribution is 2.03. The smallest absolute Gasteiger partial charge is 0.282 e. The molecule has 1 N–H and O–H groups in total. The minimum Gasteiger partial charge on any atom is -0.298 e. The molecule has 6 heteroatoms. The number of carbonyl (C=O) groups excluding carboxylic acids is 1. The molecule has 0 radical (unpaired) electrons. The number of rotatable bonds is 2. The molecule has 2 rings (SSSR count). The molecule has 2 aromatic rings. The normalized spacial score (nSPS) is 9.69. The Morgan fingerprint density at radius 3 is 2.81 bits per heavy atom. The zero-order valence-corrected chi connectivity index (χ0v) is 8.04. The van der Waals surface area contributed by atoms with E-state index in [1.165, 1.54) is 17.1 Å². The van der Waals surface area contributed by atoms with Crippen LogP contribution in [0.1, 0.15) is 15.9 Å². The number of aromatic nitrogens is 3. The average molecular weight is 214 g/mol. The number of nitriles is 1. The molecule has 2 heterocycles. The standard InChI is InChI=1S/C10H6N4O2/c11-3-8-5-14(13-10(8)16)9-2-1-7(6-15)4-12-9/h1-2,4-6H,(H,13,16). The number of pyridine rings is 1. The number of H-pyrrole nitrogens is 1. The first-order valence-electron chi connectivity index (χ1n) is 4.38. The van der Waals surface area contributed by atoms with Crippen molar-refractivity contribution < 1.29 is 4.79 Å². The molecule has 0 unspecified atom stereocenters. The maximum atomic E-state index is 11.2. The molecule has 0 aliphatic carbocycles. The lowest BCUT2D eigenvalue weighted by atomic mass is 10.3. The van der Waals surface area contributed by atoms with Gasteiger partial charge in [-0.2, -0.15) is 5.26 Å². The summed E-state index contributed by atoms with van der Waals surface area (Å²) >= 11 is 0. The molecule has 0 bridgehead atoms. The predicted molar refractivity (Wildman–Crippen MR) is 54.3 cm³/mol. The second-order valence-electron chi connectivity index (χ2n) is 3.03. The lowest BCUT2D eigenvalue weighted by Crippen LogP contribution is -2.06. The summed E-state index contributed by atoms with van der Waals surface area (Å²) in [5.74, 6) is 0.434. The van der Waals surface area contributed by atoms with Gasteiger partial charge in [0.1, 0.15) is 11.6 Å². The lowest BCUT2D eigenvalue weighted by molar-refractivity contribution is 0.112. The first-order chi connectivity index (χ1) is 7.74. The molecule has 0 saturated carbocycles. The van der Waals surface area contributed by atoms with Gasteiger partial charge in [-0.1, -0.05) is 0 Å². The fourth-order valence-corrected chi connectivity index (χ4v) is 1.20. The van der Waals surface area contributed by atoms with Gasteiger partial charge in [0.05, 0.1) is 6.20 Å². The number of nitrogens with one attached hydrogen (secondary N) is 1. The van der Waals surface area contributed by atoms with Crippen LogP contribution in [-0.4, -0.2) is 21.1 Å². The number of hydrogen-bond acceptors (Lipinski definition) is 4. The predicted octanol–water partition coefficient (Wildman–Crippen LogP) is 0.245. The Labute approximate surface area is 89.8 Å². The van der Waals surface area contributed by atoms with Gasteiger partial charge in [0.15, 0.2) is 12.1 Å². The van der Waals surface area contributed by atoms with E-state index in [1.54, 1.807) is 18.2 Å². The zero-order valence-electron chi connectivity index (χ0n) is 8.04. The third-order valence-corrected chi connectivity index (χ3v) is 2.00. The molecule has 0 aliphatic rings. The number of carbonyl (C=O) groups is 1. The van der Waals surface area contributed by atoms with Gasteiger partial charge in [-0.25, -0.2) is 9.67 Å². The van der Waals surface area contributed by atoms with Crippen LogP contribution in [-0.2, 0) is 0 Å². The Balaban J connectivity index is 2.47. The fourth-order valence-electron chi connectivity index (χ4n) is 1.20. The molecule has 0 spiro atoms. The van der Waals surface area contributed by atoms with Crippen LogP contribution in [0.4, 0.5) is 0 Å². The Kier molecular flexibility index (Phi) is 2.36. The van der Waals surface area contributed by atoms with Gasteiger partial charge in [-0.05, 0) is 12.1 Å². The first kappa shape index (κ1) is 9.86. The van der Waals surface area contributed by atoms with Crippen LogP contribution in [0, 0.1) is 11.3 Å². The van der Waals surface area contributed by atoms with Crippen LogP contribution in [0.5, 0.6) is 0 Å². The highest BCUT2D eigenvalue weighted by Gasteiger charge is 2.04. The maximum Gasteiger partial charge on any atom is 0.282 e. The molecule has 2 aromatic heterocycles. The maximum absolute atomic E-state index is 11.2. The van der Waals surface area contributed by atoms with Crippen molar-refractivity contribution in [3.8, 4) is 11.9 Å². The average Bonchev–Trinajstić information content (AvgIpc) is 2.71. The summed E-state index contributed by atoms with van der Waals surface area (Å²) in [6, 6.07) is 4.90. The molecular formula is C10H6N4O2. The lowest BCUT2D eigenvalue weighted by Gasteiger charge is -1.99. The molecule has 0 fully saturated rings. The summed E-state index contributed by atoms with van der Waals surface area (Å²) in [6.45, 7) is 0. The quantitative estimate of drug-likeness (QED) is 0.725. The Morgan fingerprint density at radius 2 is 2.31 bits per heavy atom. The zero-order chi connectivity index (χ0) is 11.5. The fraction of sp³-hybridized carbons (Fsp3) is 0. The molecule has 78 valence electrons. The van der Waals surface area contributed by atoms with E-state index in [1.807, 2.05) is 0 Å². The van der Waals surface area contributed by atoms with Crippen molar-refractivity contribution >= 4 is 6.29 Å². The van der Waals surface area contributed by atoms with Gasteiger partial charge in [0.2, 0.25) is 0 Å². The summed E-state index contributed by atoms with van der Waals surface area (Å²) in [7, 11) is 0. The van der Waals surface area contributed by atoms with Crippen LogP contribution in [0.25, 0.3) is 5.82 Å². The van der Waals surface area contributed by atoms with Gasteiger partial charge in [-0.3, -0.25) is 14.7 Å². The molecule has 16 heavy (non-hydrogen) atoms. The molecule has 0 amide bonds. The summed E-state index contributed by atoms with van der Waals surface area (Å²) < 4.78 is 1.33. The first-order valence-corrected chi connectivity index (χ1v) is 4.38. The second-order valence-corrected chi connectivity index (χ2v) is 3.03. The van der Waals surface area contributed by atoms with Crippen molar-refractivity contribution in [1.29, 1.82) is 5.26 Å². The summed E-state index contributed by atoms with van der Waals surface area (Å²) in [6.07, 6.45) is 3.41. The van der Waals surface area contributed by atoms with E-state index in [0.29, 0.717) is 17.7 Å². The Hall–Kier alpha value is -2.68. The van der Waals surface area contributed by atoms with E-state index in [4.69, 9.17) is 5.26 Å². The topological polar surface area (TPSA) is 91.5 Å². The van der Waals surface area contributed by atoms with E-state index in [-0.39, 0.29) is 5.56 Å². The number of aldehydes is 1. The van der Waals surface area contributed by atoms with E-state index < -0.39 is 5.56 Å². The van der Waals surface area contributed by atoms with Gasteiger partial charge < -0.3 is 0 Å². The highest BCUT2D eigenvalue weighted by atomic mass is 16.1. The third kappa shape index (κ3) is 1.62. The minimum absolute atomic E-state index is 0.0151. The number of nitrogens with zero attached hydrogens (tertiary/aromatic N) is 3. The van der Waals surface area contributed by atoms with Crippen LogP contribution in [0.2, 0.25) is 0 Å². The van der Waals surface area contributed by atoms with E-state index >= 15 is 0 Å². The molecule has 0 atom stereocenters. The van der Waals surface area contributed by atoms with Gasteiger partial charge in [0.25, 0.3) is 5.56 Å². The van der Waals surface area contributed by atoms with E-state index in [9.17, 15) is 9.59 Å². The van der Waals surface area contributed by atoms with Gasteiger partial charge in [0, 0.05) is 11.8 Å². The summed E-state index contributed by atoms with van der Waals surface area (Å²) in [5.41, 5.74) is -0.0104. The highest BCUT2D eigenvalue weighted by molar-refractivity contribution is 5.74. The molecule has 0 aliphatic heterocycles. The summed E-state index contributed by atoms with van der Waals surface area (Å²) in [5, 5.41) is 11.0. The summed E-state index contributed by atoms with van der Waals surface area (Å²) in [4.78, 5) is 25.6. The molecule has 6 nitrogen and oxygen atoms in total. The second kappa shape index (κ2) is 3.82. The van der Waals surface area contributed by atoms with Crippen molar-refractivity contribution in [2.24, 2.45) is 0 Å². The number of aromatic amines is 1. The molecule has 0 aromatic carbocycles. The van der Waals surface area contributed by atoms with E-state index in [0.717, 1.165) is 0 Å². The van der Waals surface area contributed by atoms with Crippen LogP contribution >= 0.6 is 0 Å². The van der Waals surface area contributed by atoms with Gasteiger partial charge >= 0.3 is 0 Å². The van der Waals surface area contributed by atoms with Gasteiger partial charge in [-0.15, -0.1) is 0 Å². The Bertz CT molecular complexity index is 616. The third-order valence-electron chi connectivity index (χ3n) is 2.00. The van der Waals surface area contributed by atoms with Crippen molar-refractivity contribution in [2.75, 3.05) is 0 Å². The van der Waals surface area contributed by atoms with Crippen molar-refractivity contribution in [2.45, 2.75) is 0 Å². The molecular weight excluding hydrogens is 208 g/mol. The van der Waals surface area contributed by atoms with Crippen molar-refractivity contribution in [1.82, 2.24) is 14.8 Å². The van der Waals surface area contributed by atoms with Crippen LogP contribution in [0.15, 0.2) is 29.3 Å². The van der Waals surface area contributed by atoms with Crippen molar-refractivity contribution in [3.05, 3.63) is 46.0 Å². The minimum atomic E-state index is -0.469. The van der Waals surface area contributed by atoms with Crippen molar-refractivity contribution in [3.63, 3.8) is 0 Å². The monoisotopic (exact) mass is 214 g/mol. The van der Waals surface area contributed by atoms with Crippen LogP contribution in [0.3, 0.4) is 0 Å². The SMILES string of the molecule is N#Cc1cn(-c2ccc(C=O)cn2)[nH]c1=O. The van der Waals surface area contributed by atoms with Crippen LogP contribution < -0.4 is 5.56 Å². The molecule has 0 saturated heterocycles.